The maximum Gasteiger partial charge on any atom is 0.234 e. The maximum atomic E-state index is 12.5. The maximum absolute atomic E-state index is 12.5. The number of hydrogen-bond donors (Lipinski definition) is 1. The van der Waals surface area contributed by atoms with Gasteiger partial charge in [0.25, 0.3) is 0 Å². The van der Waals surface area contributed by atoms with Crippen LogP contribution in [0, 0.1) is 19.8 Å². The van der Waals surface area contributed by atoms with Gasteiger partial charge >= 0.3 is 0 Å². The lowest BCUT2D eigenvalue weighted by Crippen LogP contribution is -2.16. The summed E-state index contributed by atoms with van der Waals surface area (Å²) in [5.74, 6) is 1.46. The molecule has 1 aromatic carbocycles. The van der Waals surface area contributed by atoms with Crippen LogP contribution in [-0.2, 0) is 11.3 Å². The Kier molecular flexibility index (Phi) is 6.46. The van der Waals surface area contributed by atoms with E-state index >= 15 is 0 Å². The highest BCUT2D eigenvalue weighted by Crippen LogP contribution is 2.25. The average Bonchev–Trinajstić information content (AvgIpc) is 3.06. The quantitative estimate of drug-likeness (QED) is 0.602. The van der Waals surface area contributed by atoms with E-state index in [1.54, 1.807) is 12.4 Å². The first-order valence-corrected chi connectivity index (χ1v) is 10.3. The fourth-order valence-corrected chi connectivity index (χ4v) is 3.59. The molecule has 0 saturated heterocycles. The molecular weight excluding hydrogens is 370 g/mol. The van der Waals surface area contributed by atoms with Crippen molar-refractivity contribution in [3.8, 4) is 11.4 Å². The van der Waals surface area contributed by atoms with E-state index in [-0.39, 0.29) is 11.7 Å². The molecule has 0 radical (unpaired) electrons. The van der Waals surface area contributed by atoms with Gasteiger partial charge in [0.15, 0.2) is 11.0 Å². The smallest absolute Gasteiger partial charge is 0.234 e. The summed E-state index contributed by atoms with van der Waals surface area (Å²) in [6, 6.07) is 9.75. The van der Waals surface area contributed by atoms with Gasteiger partial charge < -0.3 is 9.88 Å². The van der Waals surface area contributed by atoms with E-state index in [0.29, 0.717) is 5.92 Å². The Bertz CT molecular complexity index is 953. The highest BCUT2D eigenvalue weighted by atomic mass is 32.2. The molecule has 0 aliphatic heterocycles. The van der Waals surface area contributed by atoms with Gasteiger partial charge in [0.1, 0.15) is 0 Å². The highest BCUT2D eigenvalue weighted by Gasteiger charge is 2.17. The number of amides is 1. The van der Waals surface area contributed by atoms with Crippen LogP contribution in [0.5, 0.6) is 0 Å². The van der Waals surface area contributed by atoms with E-state index < -0.39 is 0 Å². The number of anilines is 1. The van der Waals surface area contributed by atoms with Gasteiger partial charge in [0, 0.05) is 30.2 Å². The predicted molar refractivity (Wildman–Crippen MR) is 113 cm³/mol. The van der Waals surface area contributed by atoms with Gasteiger partial charge in [0.05, 0.1) is 5.75 Å². The number of benzene rings is 1. The summed E-state index contributed by atoms with van der Waals surface area (Å²) in [7, 11) is 0. The zero-order valence-corrected chi connectivity index (χ0v) is 17.5. The molecule has 3 aromatic rings. The van der Waals surface area contributed by atoms with Crippen LogP contribution in [0.15, 0.2) is 47.9 Å². The summed E-state index contributed by atoms with van der Waals surface area (Å²) in [6.07, 6.45) is 3.49. The topological polar surface area (TPSA) is 72.7 Å². The first-order valence-electron chi connectivity index (χ1n) is 9.28. The number of aryl methyl sites for hydroxylation is 1. The molecule has 0 bridgehead atoms. The molecule has 0 saturated carbocycles. The standard InChI is InChI=1S/C21H25N5OS/c1-14(2)12-26-20(17-8-10-22-11-9-17)24-25-21(26)28-13-19(27)23-18-7-5-6-15(3)16(18)4/h5-11,14H,12-13H2,1-4H3,(H,23,27). The lowest BCUT2D eigenvalue weighted by Gasteiger charge is -2.13. The van der Waals surface area contributed by atoms with Crippen molar-refractivity contribution in [2.24, 2.45) is 5.92 Å². The third-order valence-electron chi connectivity index (χ3n) is 4.41. The second kappa shape index (κ2) is 9.01. The zero-order valence-electron chi connectivity index (χ0n) is 16.6. The second-order valence-electron chi connectivity index (χ2n) is 7.13. The Balaban J connectivity index is 1.74. The van der Waals surface area contributed by atoms with Crippen LogP contribution < -0.4 is 5.32 Å². The summed E-state index contributed by atoms with van der Waals surface area (Å²) in [4.78, 5) is 16.5. The Hall–Kier alpha value is -2.67. The summed E-state index contributed by atoms with van der Waals surface area (Å²) in [5, 5.41) is 12.4. The van der Waals surface area contributed by atoms with E-state index in [1.807, 2.05) is 44.2 Å². The fourth-order valence-electron chi connectivity index (χ4n) is 2.84. The van der Waals surface area contributed by atoms with Crippen molar-refractivity contribution in [3.63, 3.8) is 0 Å². The van der Waals surface area contributed by atoms with E-state index in [2.05, 4.69) is 38.9 Å². The van der Waals surface area contributed by atoms with Crippen LogP contribution in [0.2, 0.25) is 0 Å². The summed E-state index contributed by atoms with van der Waals surface area (Å²) < 4.78 is 2.08. The molecule has 2 aromatic heterocycles. The third kappa shape index (κ3) is 4.78. The van der Waals surface area contributed by atoms with Crippen molar-refractivity contribution in [2.75, 3.05) is 11.1 Å². The number of aromatic nitrogens is 4. The largest absolute Gasteiger partial charge is 0.325 e. The van der Waals surface area contributed by atoms with Gasteiger partial charge in [-0.2, -0.15) is 0 Å². The monoisotopic (exact) mass is 395 g/mol. The number of hydrogen-bond acceptors (Lipinski definition) is 5. The normalized spacial score (nSPS) is 11.0. The van der Waals surface area contributed by atoms with Crippen molar-refractivity contribution < 1.29 is 4.79 Å². The van der Waals surface area contributed by atoms with Crippen molar-refractivity contribution in [1.82, 2.24) is 19.7 Å². The number of thioether (sulfide) groups is 1. The van der Waals surface area contributed by atoms with E-state index in [4.69, 9.17) is 0 Å². The van der Waals surface area contributed by atoms with E-state index in [1.165, 1.54) is 11.8 Å². The van der Waals surface area contributed by atoms with Gasteiger partial charge in [-0.1, -0.05) is 37.7 Å². The van der Waals surface area contributed by atoms with Crippen LogP contribution in [0.1, 0.15) is 25.0 Å². The van der Waals surface area contributed by atoms with Gasteiger partial charge in [-0.25, -0.2) is 0 Å². The molecule has 1 N–H and O–H groups in total. The molecule has 0 atom stereocenters. The SMILES string of the molecule is Cc1cccc(NC(=O)CSc2nnc(-c3ccncc3)n2CC(C)C)c1C. The molecule has 7 heteroatoms. The summed E-state index contributed by atoms with van der Waals surface area (Å²) >= 11 is 1.40. The molecular formula is C21H25N5OS. The van der Waals surface area contributed by atoms with E-state index in [0.717, 1.165) is 39.9 Å². The zero-order chi connectivity index (χ0) is 20.1. The van der Waals surface area contributed by atoms with Crippen LogP contribution in [0.3, 0.4) is 0 Å². The summed E-state index contributed by atoms with van der Waals surface area (Å²) in [6.45, 7) is 9.13. The molecule has 3 rings (SSSR count). The number of pyridine rings is 1. The first kappa shape index (κ1) is 20.1. The number of carbonyl (C=O) groups excluding carboxylic acids is 1. The molecule has 28 heavy (non-hydrogen) atoms. The van der Waals surface area contributed by atoms with Crippen LogP contribution in [0.25, 0.3) is 11.4 Å². The van der Waals surface area contributed by atoms with Gasteiger partial charge in [-0.15, -0.1) is 10.2 Å². The fraction of sp³-hybridized carbons (Fsp3) is 0.333. The number of carbonyl (C=O) groups is 1. The Labute approximate surface area is 169 Å². The minimum Gasteiger partial charge on any atom is -0.325 e. The average molecular weight is 396 g/mol. The summed E-state index contributed by atoms with van der Waals surface area (Å²) in [5.41, 5.74) is 4.06. The third-order valence-corrected chi connectivity index (χ3v) is 5.38. The Morgan fingerprint density at radius 1 is 1.14 bits per heavy atom. The molecule has 6 nitrogen and oxygen atoms in total. The molecule has 0 unspecified atom stereocenters. The van der Waals surface area contributed by atoms with Crippen LogP contribution in [0.4, 0.5) is 5.69 Å². The van der Waals surface area contributed by atoms with Crippen LogP contribution >= 0.6 is 11.8 Å². The minimum atomic E-state index is -0.0525. The molecule has 146 valence electrons. The number of rotatable bonds is 7. The van der Waals surface area contributed by atoms with Crippen molar-refractivity contribution in [2.45, 2.75) is 39.4 Å². The molecule has 0 aliphatic carbocycles. The Morgan fingerprint density at radius 2 is 1.89 bits per heavy atom. The number of nitrogens with zero attached hydrogens (tertiary/aromatic N) is 4. The van der Waals surface area contributed by atoms with Crippen molar-refractivity contribution in [1.29, 1.82) is 0 Å². The molecule has 1 amide bonds. The molecule has 0 fully saturated rings. The van der Waals surface area contributed by atoms with Crippen LogP contribution in [-0.4, -0.2) is 31.4 Å². The predicted octanol–water partition coefficient (Wildman–Crippen LogP) is 4.34. The second-order valence-corrected chi connectivity index (χ2v) is 8.07. The first-order chi connectivity index (χ1) is 13.5. The molecule has 0 aliphatic rings. The molecule has 2 heterocycles. The number of nitrogens with one attached hydrogen (secondary N) is 1. The van der Waals surface area contributed by atoms with Gasteiger partial charge in [-0.3, -0.25) is 9.78 Å². The van der Waals surface area contributed by atoms with Crippen molar-refractivity contribution in [3.05, 3.63) is 53.9 Å². The van der Waals surface area contributed by atoms with Gasteiger partial charge in [0.2, 0.25) is 5.91 Å². The van der Waals surface area contributed by atoms with Crippen molar-refractivity contribution >= 4 is 23.4 Å². The highest BCUT2D eigenvalue weighted by molar-refractivity contribution is 7.99. The molecule has 0 spiro atoms. The Morgan fingerprint density at radius 3 is 2.61 bits per heavy atom. The van der Waals surface area contributed by atoms with Gasteiger partial charge in [-0.05, 0) is 49.1 Å². The minimum absolute atomic E-state index is 0.0525. The van der Waals surface area contributed by atoms with E-state index in [9.17, 15) is 4.79 Å². The lowest BCUT2D eigenvalue weighted by atomic mass is 10.1. The lowest BCUT2D eigenvalue weighted by molar-refractivity contribution is -0.113.